The van der Waals surface area contributed by atoms with Crippen LogP contribution in [0.2, 0.25) is 0 Å². The topological polar surface area (TPSA) is 86.8 Å². The first-order valence-corrected chi connectivity index (χ1v) is 12.3. The van der Waals surface area contributed by atoms with Crippen LogP contribution in [0, 0.1) is 0 Å². The van der Waals surface area contributed by atoms with Crippen LogP contribution in [0.1, 0.15) is 32.3 Å². The van der Waals surface area contributed by atoms with E-state index in [0.29, 0.717) is 25.9 Å². The Morgan fingerprint density at radius 2 is 1.56 bits per heavy atom. The number of carbonyl (C=O) groups excluding carboxylic acids is 2. The van der Waals surface area contributed by atoms with Crippen LogP contribution >= 0.6 is 0 Å². The van der Waals surface area contributed by atoms with E-state index in [1.807, 2.05) is 37.3 Å². The van der Waals surface area contributed by atoms with E-state index in [-0.39, 0.29) is 29.7 Å². The van der Waals surface area contributed by atoms with Crippen LogP contribution in [0.5, 0.6) is 0 Å². The van der Waals surface area contributed by atoms with Gasteiger partial charge in [0.15, 0.2) is 0 Å². The quantitative estimate of drug-likeness (QED) is 0.529. The van der Waals surface area contributed by atoms with Gasteiger partial charge in [0.05, 0.1) is 4.90 Å². The first-order valence-electron chi connectivity index (χ1n) is 10.9. The van der Waals surface area contributed by atoms with Crippen LogP contribution in [0.4, 0.5) is 0 Å². The molecule has 2 rings (SSSR count). The number of nitrogens with one attached hydrogen (secondary N) is 1. The van der Waals surface area contributed by atoms with Gasteiger partial charge < -0.3 is 10.2 Å². The van der Waals surface area contributed by atoms with Gasteiger partial charge in [-0.05, 0) is 44.4 Å². The average molecular weight is 460 g/mol. The summed E-state index contributed by atoms with van der Waals surface area (Å²) in [5.41, 5.74) is 1.09. The van der Waals surface area contributed by atoms with Gasteiger partial charge in [0.2, 0.25) is 21.8 Å². The zero-order valence-corrected chi connectivity index (χ0v) is 19.8. The van der Waals surface area contributed by atoms with Crippen LogP contribution in [0.25, 0.3) is 0 Å². The minimum Gasteiger partial charge on any atom is -0.355 e. The number of hydrogen-bond donors (Lipinski definition) is 1. The molecule has 1 atom stereocenters. The largest absolute Gasteiger partial charge is 0.355 e. The van der Waals surface area contributed by atoms with E-state index in [1.165, 1.54) is 11.4 Å². The number of amides is 2. The van der Waals surface area contributed by atoms with E-state index in [0.717, 1.165) is 5.56 Å². The van der Waals surface area contributed by atoms with Crippen molar-refractivity contribution in [1.29, 1.82) is 0 Å². The lowest BCUT2D eigenvalue weighted by Gasteiger charge is -2.29. The molecular weight excluding hydrogens is 426 g/mol. The summed E-state index contributed by atoms with van der Waals surface area (Å²) in [6.07, 6.45) is 1.16. The molecule has 1 N–H and O–H groups in total. The Bertz CT molecular complexity index is 965. The Balaban J connectivity index is 1.99. The van der Waals surface area contributed by atoms with Gasteiger partial charge in [-0.3, -0.25) is 9.59 Å². The fourth-order valence-electron chi connectivity index (χ4n) is 3.38. The number of hydrogen-bond acceptors (Lipinski definition) is 4. The van der Waals surface area contributed by atoms with Crippen molar-refractivity contribution in [2.75, 3.05) is 26.7 Å². The zero-order chi connectivity index (χ0) is 23.6. The lowest BCUT2D eigenvalue weighted by atomic mass is 10.1. The van der Waals surface area contributed by atoms with Crippen LogP contribution in [-0.2, 0) is 26.0 Å². The van der Waals surface area contributed by atoms with E-state index >= 15 is 0 Å². The summed E-state index contributed by atoms with van der Waals surface area (Å²) in [7, 11) is -2.09. The lowest BCUT2D eigenvalue weighted by Crippen LogP contribution is -2.48. The maximum atomic E-state index is 13.0. The lowest BCUT2D eigenvalue weighted by molar-refractivity contribution is -0.140. The Hall–Kier alpha value is -2.71. The third-order valence-corrected chi connectivity index (χ3v) is 7.19. The molecule has 0 bridgehead atoms. The highest BCUT2D eigenvalue weighted by atomic mass is 32.2. The monoisotopic (exact) mass is 459 g/mol. The molecule has 0 radical (unpaired) electrons. The summed E-state index contributed by atoms with van der Waals surface area (Å²) in [6.45, 7) is 4.68. The molecule has 0 unspecified atom stereocenters. The number of sulfonamides is 1. The van der Waals surface area contributed by atoms with Crippen molar-refractivity contribution in [2.45, 2.75) is 44.0 Å². The molecule has 0 aliphatic heterocycles. The SMILES string of the molecule is CCNC(=O)[C@@H](C)N(CCc1ccccc1)C(=O)CCCN(C)S(=O)(=O)c1ccccc1. The molecule has 2 aromatic rings. The average Bonchev–Trinajstić information content (AvgIpc) is 2.80. The van der Waals surface area contributed by atoms with Gasteiger partial charge in [0.25, 0.3) is 0 Å². The molecule has 0 saturated heterocycles. The zero-order valence-electron chi connectivity index (χ0n) is 19.0. The first kappa shape index (κ1) is 25.5. The van der Waals surface area contributed by atoms with Gasteiger partial charge >= 0.3 is 0 Å². The van der Waals surface area contributed by atoms with E-state index < -0.39 is 16.1 Å². The third kappa shape index (κ3) is 7.17. The highest BCUT2D eigenvalue weighted by Crippen LogP contribution is 2.15. The fraction of sp³-hybridized carbons (Fsp3) is 0.417. The van der Waals surface area contributed by atoms with Gasteiger partial charge in [-0.2, -0.15) is 0 Å². The molecule has 0 heterocycles. The van der Waals surface area contributed by atoms with Gasteiger partial charge in [0, 0.05) is 33.1 Å². The van der Waals surface area contributed by atoms with Crippen molar-refractivity contribution < 1.29 is 18.0 Å². The Morgan fingerprint density at radius 3 is 2.16 bits per heavy atom. The molecule has 2 amide bonds. The molecule has 0 aliphatic carbocycles. The summed E-state index contributed by atoms with van der Waals surface area (Å²) in [5.74, 6) is -0.358. The number of rotatable bonds is 12. The van der Waals surface area contributed by atoms with Gasteiger partial charge in [0.1, 0.15) is 6.04 Å². The summed E-state index contributed by atoms with van der Waals surface area (Å²) >= 11 is 0. The second-order valence-electron chi connectivity index (χ2n) is 7.64. The van der Waals surface area contributed by atoms with Crippen LogP contribution < -0.4 is 5.32 Å². The molecule has 2 aromatic carbocycles. The highest BCUT2D eigenvalue weighted by molar-refractivity contribution is 7.89. The van der Waals surface area contributed by atoms with Crippen LogP contribution in [0.3, 0.4) is 0 Å². The predicted molar refractivity (Wildman–Crippen MR) is 125 cm³/mol. The van der Waals surface area contributed by atoms with Crippen molar-refractivity contribution in [1.82, 2.24) is 14.5 Å². The molecule has 8 heteroatoms. The second-order valence-corrected chi connectivity index (χ2v) is 9.68. The number of likely N-dealkylation sites (N-methyl/N-ethyl adjacent to an activating group) is 1. The first-order chi connectivity index (χ1) is 15.3. The van der Waals surface area contributed by atoms with Gasteiger partial charge in [-0.25, -0.2) is 12.7 Å². The molecule has 0 aromatic heterocycles. The van der Waals surface area contributed by atoms with Gasteiger partial charge in [-0.15, -0.1) is 0 Å². The van der Waals surface area contributed by atoms with Crippen molar-refractivity contribution >= 4 is 21.8 Å². The molecule has 174 valence electrons. The molecule has 7 nitrogen and oxygen atoms in total. The second kappa shape index (κ2) is 12.4. The molecular formula is C24H33N3O4S. The summed E-state index contributed by atoms with van der Waals surface area (Å²) in [6, 6.07) is 17.4. The maximum absolute atomic E-state index is 13.0. The number of nitrogens with zero attached hydrogens (tertiary/aromatic N) is 2. The van der Waals surface area contributed by atoms with E-state index in [2.05, 4.69) is 5.32 Å². The maximum Gasteiger partial charge on any atom is 0.242 e. The minimum absolute atomic E-state index is 0.160. The summed E-state index contributed by atoms with van der Waals surface area (Å²) in [5, 5.41) is 2.77. The highest BCUT2D eigenvalue weighted by Gasteiger charge is 2.26. The van der Waals surface area contributed by atoms with E-state index in [9.17, 15) is 18.0 Å². The number of carbonyl (C=O) groups is 2. The Labute approximate surface area is 191 Å². The molecule has 0 aliphatic rings. The van der Waals surface area contributed by atoms with Crippen molar-refractivity contribution in [2.24, 2.45) is 0 Å². The Morgan fingerprint density at radius 1 is 0.969 bits per heavy atom. The van der Waals surface area contributed by atoms with Crippen molar-refractivity contribution in [3.63, 3.8) is 0 Å². The van der Waals surface area contributed by atoms with Gasteiger partial charge in [-0.1, -0.05) is 48.5 Å². The Kier molecular flexibility index (Phi) is 9.87. The molecule has 0 fully saturated rings. The molecule has 0 saturated carbocycles. The van der Waals surface area contributed by atoms with Crippen LogP contribution in [0.15, 0.2) is 65.6 Å². The predicted octanol–water partition coefficient (Wildman–Crippen LogP) is 2.68. The molecule has 0 spiro atoms. The van der Waals surface area contributed by atoms with Crippen molar-refractivity contribution in [3.8, 4) is 0 Å². The van der Waals surface area contributed by atoms with Crippen LogP contribution in [-0.4, -0.2) is 62.2 Å². The fourth-order valence-corrected chi connectivity index (χ4v) is 4.61. The van der Waals surface area contributed by atoms with Crippen molar-refractivity contribution in [3.05, 3.63) is 66.2 Å². The number of benzene rings is 2. The summed E-state index contributed by atoms with van der Waals surface area (Å²) in [4.78, 5) is 27.2. The summed E-state index contributed by atoms with van der Waals surface area (Å²) < 4.78 is 26.6. The smallest absolute Gasteiger partial charge is 0.242 e. The normalized spacial score (nSPS) is 12.4. The minimum atomic E-state index is -3.60. The molecule has 32 heavy (non-hydrogen) atoms. The van der Waals surface area contributed by atoms with E-state index in [1.54, 1.807) is 42.2 Å². The third-order valence-electron chi connectivity index (χ3n) is 5.32. The standard InChI is InChI=1S/C24H33N3O4S/c1-4-25-24(29)20(2)27(19-17-21-12-7-5-8-13-21)23(28)16-11-18-26(3)32(30,31)22-14-9-6-10-15-22/h5-10,12-15,20H,4,11,16-19H2,1-3H3,(H,25,29)/t20-/m1/s1. The van der Waals surface area contributed by atoms with E-state index in [4.69, 9.17) is 0 Å².